The van der Waals surface area contributed by atoms with Gasteiger partial charge >= 0.3 is 0 Å². The highest BCUT2D eigenvalue weighted by Crippen LogP contribution is 2.21. The molecule has 1 N–H and O–H groups in total. The maximum Gasteiger partial charge on any atom is 0.0951 e. The molecule has 1 aliphatic heterocycles. The van der Waals surface area contributed by atoms with Crippen molar-refractivity contribution in [2.75, 3.05) is 19.8 Å². The standard InChI is InChI=1S/C14H16ClN3O/c15-12-3-1-11(2-4-12)14-7-16-10-18(14)8-13-9-19-6-5-17-13/h1-4,7,10,13,17H,5-6,8-9H2. The molecule has 19 heavy (non-hydrogen) atoms. The lowest BCUT2D eigenvalue weighted by Crippen LogP contribution is -2.43. The van der Waals surface area contributed by atoms with Crippen LogP contribution in [0.15, 0.2) is 36.8 Å². The fraction of sp³-hybridized carbons (Fsp3) is 0.357. The Morgan fingerprint density at radius 3 is 2.95 bits per heavy atom. The molecular weight excluding hydrogens is 262 g/mol. The molecule has 1 aromatic heterocycles. The van der Waals surface area contributed by atoms with E-state index in [4.69, 9.17) is 16.3 Å². The van der Waals surface area contributed by atoms with Gasteiger partial charge in [0, 0.05) is 24.2 Å². The third-order valence-electron chi connectivity index (χ3n) is 3.27. The van der Waals surface area contributed by atoms with Gasteiger partial charge in [0.15, 0.2) is 0 Å². The fourth-order valence-corrected chi connectivity index (χ4v) is 2.43. The van der Waals surface area contributed by atoms with Crippen LogP contribution in [-0.2, 0) is 11.3 Å². The molecule has 0 radical (unpaired) electrons. The summed E-state index contributed by atoms with van der Waals surface area (Å²) in [4.78, 5) is 4.25. The maximum atomic E-state index is 5.92. The molecule has 100 valence electrons. The summed E-state index contributed by atoms with van der Waals surface area (Å²) in [6.45, 7) is 3.32. The number of halogens is 1. The van der Waals surface area contributed by atoms with Crippen molar-refractivity contribution < 1.29 is 4.74 Å². The van der Waals surface area contributed by atoms with E-state index in [1.165, 1.54) is 0 Å². The highest BCUT2D eigenvalue weighted by molar-refractivity contribution is 6.30. The Morgan fingerprint density at radius 1 is 1.37 bits per heavy atom. The lowest BCUT2D eigenvalue weighted by atomic mass is 10.1. The number of benzene rings is 1. The number of morpholine rings is 1. The van der Waals surface area contributed by atoms with Gasteiger partial charge in [-0.25, -0.2) is 4.98 Å². The van der Waals surface area contributed by atoms with E-state index in [0.717, 1.165) is 42.6 Å². The predicted molar refractivity (Wildman–Crippen MR) is 75.3 cm³/mol. The lowest BCUT2D eigenvalue weighted by Gasteiger charge is -2.24. The second-order valence-corrected chi connectivity index (χ2v) is 5.10. The van der Waals surface area contributed by atoms with Crippen molar-refractivity contribution in [2.24, 2.45) is 0 Å². The summed E-state index contributed by atoms with van der Waals surface area (Å²) in [6.07, 6.45) is 3.74. The summed E-state index contributed by atoms with van der Waals surface area (Å²) in [6, 6.07) is 8.17. The average Bonchev–Trinajstić information content (AvgIpc) is 2.89. The number of aromatic nitrogens is 2. The Balaban J connectivity index is 1.79. The zero-order valence-corrected chi connectivity index (χ0v) is 11.3. The normalized spacial score (nSPS) is 19.5. The van der Waals surface area contributed by atoms with Crippen molar-refractivity contribution in [3.63, 3.8) is 0 Å². The molecular formula is C14H16ClN3O. The Hall–Kier alpha value is -1.36. The van der Waals surface area contributed by atoms with Crippen LogP contribution in [0.25, 0.3) is 11.3 Å². The van der Waals surface area contributed by atoms with E-state index < -0.39 is 0 Å². The molecule has 0 amide bonds. The number of nitrogens with one attached hydrogen (secondary N) is 1. The molecule has 1 aliphatic rings. The molecule has 0 saturated carbocycles. The van der Waals surface area contributed by atoms with Crippen molar-refractivity contribution in [1.82, 2.24) is 14.9 Å². The van der Waals surface area contributed by atoms with Crippen LogP contribution < -0.4 is 5.32 Å². The first-order valence-electron chi connectivity index (χ1n) is 6.40. The molecule has 0 spiro atoms. The van der Waals surface area contributed by atoms with E-state index in [1.807, 2.05) is 36.8 Å². The average molecular weight is 278 g/mol. The number of rotatable bonds is 3. The van der Waals surface area contributed by atoms with Crippen LogP contribution in [0, 0.1) is 0 Å². The van der Waals surface area contributed by atoms with Crippen molar-refractivity contribution in [3.8, 4) is 11.3 Å². The van der Waals surface area contributed by atoms with Crippen LogP contribution in [0.5, 0.6) is 0 Å². The Bertz CT molecular complexity index is 532. The van der Waals surface area contributed by atoms with E-state index >= 15 is 0 Å². The molecule has 2 aromatic rings. The third-order valence-corrected chi connectivity index (χ3v) is 3.52. The molecule has 4 nitrogen and oxygen atoms in total. The highest BCUT2D eigenvalue weighted by Gasteiger charge is 2.15. The van der Waals surface area contributed by atoms with Crippen molar-refractivity contribution >= 4 is 11.6 Å². The van der Waals surface area contributed by atoms with Crippen molar-refractivity contribution in [1.29, 1.82) is 0 Å². The zero-order valence-electron chi connectivity index (χ0n) is 10.6. The number of imidazole rings is 1. The minimum atomic E-state index is 0.342. The summed E-state index contributed by atoms with van der Waals surface area (Å²) in [5, 5.41) is 4.20. The largest absolute Gasteiger partial charge is 0.378 e. The minimum Gasteiger partial charge on any atom is -0.378 e. The monoisotopic (exact) mass is 277 g/mol. The highest BCUT2D eigenvalue weighted by atomic mass is 35.5. The van der Waals surface area contributed by atoms with Gasteiger partial charge in [0.2, 0.25) is 0 Å². The number of ether oxygens (including phenoxy) is 1. The number of nitrogens with zero attached hydrogens (tertiary/aromatic N) is 2. The smallest absolute Gasteiger partial charge is 0.0951 e. The van der Waals surface area contributed by atoms with Gasteiger partial charge in [-0.3, -0.25) is 0 Å². The van der Waals surface area contributed by atoms with Crippen LogP contribution in [0.4, 0.5) is 0 Å². The summed E-state index contributed by atoms with van der Waals surface area (Å²) in [7, 11) is 0. The van der Waals surface area contributed by atoms with Crippen LogP contribution in [0.2, 0.25) is 5.02 Å². The number of hydrogen-bond acceptors (Lipinski definition) is 3. The maximum absolute atomic E-state index is 5.92. The van der Waals surface area contributed by atoms with Gasteiger partial charge in [-0.15, -0.1) is 0 Å². The van der Waals surface area contributed by atoms with E-state index in [-0.39, 0.29) is 0 Å². The van der Waals surface area contributed by atoms with Crippen LogP contribution in [0.3, 0.4) is 0 Å². The van der Waals surface area contributed by atoms with Crippen molar-refractivity contribution in [2.45, 2.75) is 12.6 Å². The SMILES string of the molecule is Clc1ccc(-c2cncn2CC2COCCN2)cc1. The first-order valence-corrected chi connectivity index (χ1v) is 6.78. The fourth-order valence-electron chi connectivity index (χ4n) is 2.30. The van der Waals surface area contributed by atoms with Gasteiger partial charge < -0.3 is 14.6 Å². The molecule has 0 aliphatic carbocycles. The van der Waals surface area contributed by atoms with Crippen LogP contribution in [0.1, 0.15) is 0 Å². The molecule has 1 unspecified atom stereocenters. The lowest BCUT2D eigenvalue weighted by molar-refractivity contribution is 0.0715. The van der Waals surface area contributed by atoms with E-state index in [0.29, 0.717) is 6.04 Å². The summed E-state index contributed by atoms with van der Waals surface area (Å²) in [5.41, 5.74) is 2.22. The first-order chi connectivity index (χ1) is 9.33. The van der Waals surface area contributed by atoms with Gasteiger partial charge in [0.1, 0.15) is 0 Å². The molecule has 2 heterocycles. The van der Waals surface area contributed by atoms with E-state index in [1.54, 1.807) is 0 Å². The van der Waals surface area contributed by atoms with Gasteiger partial charge in [-0.05, 0) is 17.7 Å². The molecule has 3 rings (SSSR count). The summed E-state index contributed by atoms with van der Waals surface area (Å²) in [5.74, 6) is 0. The number of hydrogen-bond donors (Lipinski definition) is 1. The minimum absolute atomic E-state index is 0.342. The van der Waals surface area contributed by atoms with Gasteiger partial charge in [-0.2, -0.15) is 0 Å². The summed E-state index contributed by atoms with van der Waals surface area (Å²) < 4.78 is 7.63. The molecule has 1 atom stereocenters. The van der Waals surface area contributed by atoms with E-state index in [9.17, 15) is 0 Å². The second kappa shape index (κ2) is 5.74. The molecule has 1 fully saturated rings. The van der Waals surface area contributed by atoms with Crippen molar-refractivity contribution in [3.05, 3.63) is 41.8 Å². The quantitative estimate of drug-likeness (QED) is 0.935. The molecule has 0 bridgehead atoms. The predicted octanol–water partition coefficient (Wildman–Crippen LogP) is 2.19. The van der Waals surface area contributed by atoms with Gasteiger partial charge in [0.05, 0.1) is 31.4 Å². The topological polar surface area (TPSA) is 39.1 Å². The zero-order chi connectivity index (χ0) is 13.1. The molecule has 1 aromatic carbocycles. The van der Waals surface area contributed by atoms with Gasteiger partial charge in [-0.1, -0.05) is 23.7 Å². The van der Waals surface area contributed by atoms with Crippen LogP contribution in [-0.4, -0.2) is 35.4 Å². The van der Waals surface area contributed by atoms with Gasteiger partial charge in [0.25, 0.3) is 0 Å². The van der Waals surface area contributed by atoms with Crippen LogP contribution >= 0.6 is 11.6 Å². The summed E-state index contributed by atoms with van der Waals surface area (Å²) >= 11 is 5.92. The molecule has 1 saturated heterocycles. The third kappa shape index (κ3) is 2.97. The first kappa shape index (κ1) is 12.7. The van der Waals surface area contributed by atoms with E-state index in [2.05, 4.69) is 14.9 Å². The Labute approximate surface area is 117 Å². The Morgan fingerprint density at radius 2 is 2.21 bits per heavy atom. The molecule has 5 heteroatoms. The Kier molecular flexibility index (Phi) is 3.82. The second-order valence-electron chi connectivity index (χ2n) is 4.66.